The Morgan fingerprint density at radius 3 is 2.40 bits per heavy atom. The predicted octanol–water partition coefficient (Wildman–Crippen LogP) is 5.01. The number of carbonyl (C=O) groups excluding carboxylic acids is 3. The first-order chi connectivity index (χ1) is 20.4. The van der Waals surface area contributed by atoms with Crippen molar-refractivity contribution in [2.24, 2.45) is 0 Å². The number of carbonyl (C=O) groups is 3. The molecule has 218 valence electrons. The van der Waals surface area contributed by atoms with Crippen LogP contribution in [0.3, 0.4) is 0 Å². The third-order valence-electron chi connectivity index (χ3n) is 7.77. The molecule has 4 aromatic rings. The van der Waals surface area contributed by atoms with Crippen LogP contribution in [0.4, 0.5) is 5.69 Å². The monoisotopic (exact) mass is 569 g/mol. The number of anilines is 1. The number of esters is 1. The van der Waals surface area contributed by atoms with E-state index in [1.165, 1.54) is 12.0 Å². The molecule has 42 heavy (non-hydrogen) atoms. The SMILES string of the molecule is COC(=O)c1cccc(N(C(=O)[C@@H](C)n2nnc3ccccc32)[C@@H](C(=O)NC2CCCCC2)c2ccc(OC)cc2)c1. The lowest BCUT2D eigenvalue weighted by atomic mass is 9.94. The molecule has 0 bridgehead atoms. The van der Waals surface area contributed by atoms with E-state index in [1.807, 2.05) is 24.3 Å². The topological polar surface area (TPSA) is 116 Å². The third-order valence-corrected chi connectivity index (χ3v) is 7.77. The van der Waals surface area contributed by atoms with E-state index in [0.717, 1.165) is 32.1 Å². The quantitative estimate of drug-likeness (QED) is 0.282. The molecule has 3 aromatic carbocycles. The van der Waals surface area contributed by atoms with Crippen LogP contribution in [0.2, 0.25) is 0 Å². The molecule has 1 heterocycles. The molecule has 0 saturated heterocycles. The second kappa shape index (κ2) is 12.8. The summed E-state index contributed by atoms with van der Waals surface area (Å²) in [5.41, 5.74) is 2.57. The standard InChI is InChI=1S/C32H35N5O5/c1-21(37-28-15-8-7-14-27(28)34-35-37)31(39)36(25-13-9-10-23(20-25)32(40)42-3)29(22-16-18-26(41-2)19-17-22)30(38)33-24-11-5-4-6-12-24/h7-10,13-21,24,29H,4-6,11-12H2,1-3H3,(H,33,38)/t21-,29-/m1/s1. The maximum absolute atomic E-state index is 14.6. The van der Waals surface area contributed by atoms with Gasteiger partial charge in [-0.15, -0.1) is 5.10 Å². The van der Waals surface area contributed by atoms with Crippen LogP contribution in [0.25, 0.3) is 11.0 Å². The average Bonchev–Trinajstić information content (AvgIpc) is 3.47. The number of amides is 2. The minimum Gasteiger partial charge on any atom is -0.497 e. The summed E-state index contributed by atoms with van der Waals surface area (Å²) in [4.78, 5) is 42.7. The lowest BCUT2D eigenvalue weighted by Crippen LogP contribution is -2.49. The molecule has 0 spiro atoms. The van der Waals surface area contributed by atoms with Crippen molar-refractivity contribution < 1.29 is 23.9 Å². The maximum Gasteiger partial charge on any atom is 0.337 e. The lowest BCUT2D eigenvalue weighted by Gasteiger charge is -2.35. The Morgan fingerprint density at radius 2 is 1.69 bits per heavy atom. The number of nitrogens with one attached hydrogen (secondary N) is 1. The van der Waals surface area contributed by atoms with Gasteiger partial charge in [-0.25, -0.2) is 9.48 Å². The first-order valence-corrected chi connectivity index (χ1v) is 14.2. The molecule has 1 saturated carbocycles. The van der Waals surface area contributed by atoms with Crippen LogP contribution in [0, 0.1) is 0 Å². The first-order valence-electron chi connectivity index (χ1n) is 14.2. The molecule has 1 aliphatic rings. The second-order valence-electron chi connectivity index (χ2n) is 10.5. The highest BCUT2D eigenvalue weighted by Gasteiger charge is 2.37. The van der Waals surface area contributed by atoms with Crippen LogP contribution in [0.15, 0.2) is 72.8 Å². The largest absolute Gasteiger partial charge is 0.497 e. The van der Waals surface area contributed by atoms with E-state index in [-0.39, 0.29) is 17.5 Å². The predicted molar refractivity (Wildman–Crippen MR) is 158 cm³/mol. The highest BCUT2D eigenvalue weighted by molar-refractivity contribution is 6.04. The van der Waals surface area contributed by atoms with Crippen LogP contribution >= 0.6 is 0 Å². The molecular weight excluding hydrogens is 534 g/mol. The fourth-order valence-electron chi connectivity index (χ4n) is 5.51. The Bertz CT molecular complexity index is 1560. The van der Waals surface area contributed by atoms with E-state index < -0.39 is 24.0 Å². The minimum absolute atomic E-state index is 0.0158. The number of rotatable bonds is 9. The van der Waals surface area contributed by atoms with Gasteiger partial charge in [-0.05, 0) is 67.8 Å². The van der Waals surface area contributed by atoms with E-state index in [4.69, 9.17) is 9.47 Å². The molecular formula is C32H35N5O5. The van der Waals surface area contributed by atoms with Crippen LogP contribution in [-0.4, -0.2) is 53.0 Å². The summed E-state index contributed by atoms with van der Waals surface area (Å²) in [5, 5.41) is 11.7. The van der Waals surface area contributed by atoms with Gasteiger partial charge in [-0.2, -0.15) is 0 Å². The Morgan fingerprint density at radius 1 is 0.952 bits per heavy atom. The van der Waals surface area contributed by atoms with Crippen LogP contribution in [-0.2, 0) is 14.3 Å². The molecule has 5 rings (SSSR count). The molecule has 1 aliphatic carbocycles. The third kappa shape index (κ3) is 5.97. The number of methoxy groups -OCH3 is 2. The number of ether oxygens (including phenoxy) is 2. The van der Waals surface area contributed by atoms with Crippen molar-refractivity contribution in [2.45, 2.75) is 57.2 Å². The Balaban J connectivity index is 1.63. The van der Waals surface area contributed by atoms with Gasteiger partial charge in [-0.3, -0.25) is 14.5 Å². The number of benzene rings is 3. The van der Waals surface area contributed by atoms with Gasteiger partial charge in [0, 0.05) is 11.7 Å². The summed E-state index contributed by atoms with van der Waals surface area (Å²) in [5.74, 6) is -0.628. The molecule has 10 heteroatoms. The summed E-state index contributed by atoms with van der Waals surface area (Å²) in [7, 11) is 2.87. The molecule has 0 radical (unpaired) electrons. The van der Waals surface area contributed by atoms with Gasteiger partial charge in [0.2, 0.25) is 5.91 Å². The van der Waals surface area contributed by atoms with Gasteiger partial charge >= 0.3 is 5.97 Å². The van der Waals surface area contributed by atoms with Crippen molar-refractivity contribution in [3.05, 3.63) is 83.9 Å². The average molecular weight is 570 g/mol. The Labute approximate surface area is 244 Å². The van der Waals surface area contributed by atoms with Crippen LogP contribution < -0.4 is 15.0 Å². The van der Waals surface area contributed by atoms with Crippen LogP contribution in [0.5, 0.6) is 5.75 Å². The number of hydrogen-bond donors (Lipinski definition) is 1. The molecule has 1 aromatic heterocycles. The summed E-state index contributed by atoms with van der Waals surface area (Å²) in [6.45, 7) is 1.73. The highest BCUT2D eigenvalue weighted by atomic mass is 16.5. The zero-order chi connectivity index (χ0) is 29.6. The van der Waals surface area contributed by atoms with Gasteiger partial charge in [-0.1, -0.05) is 54.8 Å². The zero-order valence-electron chi connectivity index (χ0n) is 24.0. The molecule has 2 atom stereocenters. The normalized spacial score (nSPS) is 15.0. The van der Waals surface area contributed by atoms with E-state index >= 15 is 0 Å². The van der Waals surface area contributed by atoms with Crippen molar-refractivity contribution >= 4 is 34.5 Å². The second-order valence-corrected chi connectivity index (χ2v) is 10.5. The number of aromatic nitrogens is 3. The number of hydrogen-bond acceptors (Lipinski definition) is 7. The van der Waals surface area contributed by atoms with Gasteiger partial charge in [0.15, 0.2) is 0 Å². The Kier molecular flexibility index (Phi) is 8.80. The fourth-order valence-corrected chi connectivity index (χ4v) is 5.51. The van der Waals surface area contributed by atoms with E-state index in [2.05, 4.69) is 15.6 Å². The fraction of sp³-hybridized carbons (Fsp3) is 0.344. The maximum atomic E-state index is 14.6. The smallest absolute Gasteiger partial charge is 0.337 e. The molecule has 0 unspecified atom stereocenters. The van der Waals surface area contributed by atoms with Crippen molar-refractivity contribution in [1.29, 1.82) is 0 Å². The zero-order valence-corrected chi connectivity index (χ0v) is 24.0. The molecule has 1 N–H and O–H groups in total. The van der Waals surface area contributed by atoms with Crippen molar-refractivity contribution in [3.8, 4) is 5.75 Å². The number of para-hydroxylation sites is 1. The Hall–Kier alpha value is -4.73. The summed E-state index contributed by atoms with van der Waals surface area (Å²) < 4.78 is 11.9. The number of nitrogens with zero attached hydrogens (tertiary/aromatic N) is 4. The molecule has 10 nitrogen and oxygen atoms in total. The van der Waals surface area contributed by atoms with Crippen molar-refractivity contribution in [1.82, 2.24) is 20.3 Å². The first kappa shape index (κ1) is 28.8. The van der Waals surface area contributed by atoms with Crippen molar-refractivity contribution in [3.63, 3.8) is 0 Å². The lowest BCUT2D eigenvalue weighted by molar-refractivity contribution is -0.128. The van der Waals surface area contributed by atoms with E-state index in [9.17, 15) is 14.4 Å². The minimum atomic E-state index is -1.05. The number of fused-ring (bicyclic) bond motifs is 1. The van der Waals surface area contributed by atoms with Gasteiger partial charge < -0.3 is 14.8 Å². The van der Waals surface area contributed by atoms with Crippen molar-refractivity contribution in [2.75, 3.05) is 19.1 Å². The molecule has 2 amide bonds. The summed E-state index contributed by atoms with van der Waals surface area (Å²) in [6.07, 6.45) is 4.99. The summed E-state index contributed by atoms with van der Waals surface area (Å²) >= 11 is 0. The van der Waals surface area contributed by atoms with Crippen LogP contribution in [0.1, 0.15) is 67.0 Å². The molecule has 0 aliphatic heterocycles. The van der Waals surface area contributed by atoms with E-state index in [0.29, 0.717) is 28.0 Å². The molecule has 1 fully saturated rings. The van der Waals surface area contributed by atoms with Gasteiger partial charge in [0.25, 0.3) is 5.91 Å². The van der Waals surface area contributed by atoms with Gasteiger partial charge in [0.05, 0.1) is 25.3 Å². The summed E-state index contributed by atoms with van der Waals surface area (Å²) in [6, 6.07) is 19.2. The van der Waals surface area contributed by atoms with Gasteiger partial charge in [0.1, 0.15) is 23.3 Å². The highest BCUT2D eigenvalue weighted by Crippen LogP contribution is 2.33. The van der Waals surface area contributed by atoms with E-state index in [1.54, 1.807) is 67.2 Å².